The van der Waals surface area contributed by atoms with E-state index in [1.807, 2.05) is 6.92 Å². The number of nitrogen functional groups attached to an aromatic ring is 1. The summed E-state index contributed by atoms with van der Waals surface area (Å²) in [5.41, 5.74) is 7.41. The maximum Gasteiger partial charge on any atom is 0.243 e. The number of benzene rings is 1. The molecule has 1 aromatic rings. The first-order chi connectivity index (χ1) is 7.79. The molecule has 17 heavy (non-hydrogen) atoms. The minimum atomic E-state index is -3.69. The number of hydrogen-bond acceptors (Lipinski definition) is 4. The number of nitrogens with one attached hydrogen (secondary N) is 1. The zero-order valence-electron chi connectivity index (χ0n) is 10.2. The summed E-state index contributed by atoms with van der Waals surface area (Å²) < 4.78 is 26.6. The van der Waals surface area contributed by atoms with Gasteiger partial charge in [0.1, 0.15) is 4.90 Å². The lowest BCUT2D eigenvalue weighted by molar-refractivity contribution is 0.265. The van der Waals surface area contributed by atoms with E-state index >= 15 is 0 Å². The van der Waals surface area contributed by atoms with Gasteiger partial charge in [0.2, 0.25) is 10.0 Å². The third-order valence-electron chi connectivity index (χ3n) is 2.61. The maximum atomic E-state index is 12.1. The highest BCUT2D eigenvalue weighted by Gasteiger charge is 2.22. The van der Waals surface area contributed by atoms with Crippen molar-refractivity contribution >= 4 is 15.7 Å². The van der Waals surface area contributed by atoms with Crippen LogP contribution in [0.1, 0.15) is 18.1 Å². The molecular formula is C11H18N2O3S. The maximum absolute atomic E-state index is 12.1. The standard InChI is InChI=1S/C11H18N2O3S/c1-7-4-5-10(12)11(9(7)3)17(15,16)13-8(2)6-14/h4-5,8,13-14H,6,12H2,1-3H3/t8-/m0/s1. The van der Waals surface area contributed by atoms with Gasteiger partial charge in [0.25, 0.3) is 0 Å². The largest absolute Gasteiger partial charge is 0.398 e. The SMILES string of the molecule is Cc1ccc(N)c(S(=O)(=O)N[C@@H](C)CO)c1C. The van der Waals surface area contributed by atoms with Crippen LogP contribution in [-0.4, -0.2) is 26.2 Å². The number of nitrogens with two attached hydrogens (primary N) is 1. The number of aliphatic hydroxyl groups excluding tert-OH is 1. The number of rotatable bonds is 4. The molecule has 0 unspecified atom stereocenters. The number of hydrogen-bond donors (Lipinski definition) is 3. The van der Waals surface area contributed by atoms with Crippen molar-refractivity contribution in [1.29, 1.82) is 0 Å². The van der Waals surface area contributed by atoms with Crippen LogP contribution in [-0.2, 0) is 10.0 Å². The Morgan fingerprint density at radius 1 is 1.41 bits per heavy atom. The number of sulfonamides is 1. The summed E-state index contributed by atoms with van der Waals surface area (Å²) >= 11 is 0. The molecule has 0 aliphatic carbocycles. The lowest BCUT2D eigenvalue weighted by Gasteiger charge is -2.16. The number of anilines is 1. The molecule has 0 heterocycles. The predicted octanol–water partition coefficient (Wildman–Crippen LogP) is 0.545. The van der Waals surface area contributed by atoms with E-state index in [1.165, 1.54) is 0 Å². The van der Waals surface area contributed by atoms with Crippen LogP contribution in [0.15, 0.2) is 17.0 Å². The topological polar surface area (TPSA) is 92.4 Å². The minimum Gasteiger partial charge on any atom is -0.398 e. The minimum absolute atomic E-state index is 0.0952. The molecular weight excluding hydrogens is 240 g/mol. The van der Waals surface area contributed by atoms with E-state index < -0.39 is 16.1 Å². The first-order valence-corrected chi connectivity index (χ1v) is 6.76. The Balaban J connectivity index is 3.29. The summed E-state index contributed by atoms with van der Waals surface area (Å²) in [6, 6.07) is 2.80. The molecule has 5 nitrogen and oxygen atoms in total. The number of aryl methyl sites for hydroxylation is 1. The van der Waals surface area contributed by atoms with Crippen LogP contribution in [0, 0.1) is 13.8 Å². The average Bonchev–Trinajstić information content (AvgIpc) is 2.23. The van der Waals surface area contributed by atoms with Gasteiger partial charge in [-0.1, -0.05) is 6.07 Å². The highest BCUT2D eigenvalue weighted by molar-refractivity contribution is 7.89. The second kappa shape index (κ2) is 5.03. The van der Waals surface area contributed by atoms with Gasteiger partial charge in [-0.25, -0.2) is 13.1 Å². The number of aliphatic hydroxyl groups is 1. The lowest BCUT2D eigenvalue weighted by Crippen LogP contribution is -2.35. The first-order valence-electron chi connectivity index (χ1n) is 5.28. The fourth-order valence-corrected chi connectivity index (χ4v) is 3.19. The molecule has 0 aliphatic heterocycles. The molecule has 0 spiro atoms. The average molecular weight is 258 g/mol. The van der Waals surface area contributed by atoms with Crippen molar-refractivity contribution in [2.24, 2.45) is 0 Å². The highest BCUT2D eigenvalue weighted by atomic mass is 32.2. The predicted molar refractivity (Wildman–Crippen MR) is 67.2 cm³/mol. The van der Waals surface area contributed by atoms with Crippen molar-refractivity contribution < 1.29 is 13.5 Å². The van der Waals surface area contributed by atoms with Gasteiger partial charge in [0, 0.05) is 6.04 Å². The summed E-state index contributed by atoms with van der Waals surface area (Å²) in [7, 11) is -3.69. The van der Waals surface area contributed by atoms with E-state index in [9.17, 15) is 8.42 Å². The molecule has 0 bridgehead atoms. The zero-order valence-corrected chi connectivity index (χ0v) is 11.0. The summed E-state index contributed by atoms with van der Waals surface area (Å²) in [4.78, 5) is 0.0952. The zero-order chi connectivity index (χ0) is 13.2. The van der Waals surface area contributed by atoms with Crippen LogP contribution in [0.4, 0.5) is 5.69 Å². The van der Waals surface area contributed by atoms with E-state index in [0.717, 1.165) is 5.56 Å². The molecule has 1 rings (SSSR count). The van der Waals surface area contributed by atoms with E-state index in [4.69, 9.17) is 10.8 Å². The van der Waals surface area contributed by atoms with E-state index in [0.29, 0.717) is 5.56 Å². The van der Waals surface area contributed by atoms with Gasteiger partial charge in [-0.3, -0.25) is 0 Å². The molecule has 96 valence electrons. The summed E-state index contributed by atoms with van der Waals surface area (Å²) in [5, 5.41) is 8.88. The first kappa shape index (κ1) is 14.0. The van der Waals surface area contributed by atoms with Gasteiger partial charge in [0.05, 0.1) is 12.3 Å². The third kappa shape index (κ3) is 2.96. The van der Waals surface area contributed by atoms with Gasteiger partial charge in [-0.2, -0.15) is 0 Å². The summed E-state index contributed by atoms with van der Waals surface area (Å²) in [6.07, 6.45) is 0. The normalized spacial score (nSPS) is 13.6. The summed E-state index contributed by atoms with van der Waals surface area (Å²) in [5.74, 6) is 0. The molecule has 0 saturated carbocycles. The van der Waals surface area contributed by atoms with Crippen LogP contribution >= 0.6 is 0 Å². The molecule has 6 heteroatoms. The Kier molecular flexibility index (Phi) is 4.13. The van der Waals surface area contributed by atoms with Crippen LogP contribution in [0.2, 0.25) is 0 Å². The van der Waals surface area contributed by atoms with Crippen molar-refractivity contribution in [2.45, 2.75) is 31.7 Å². The molecule has 0 fully saturated rings. The molecule has 0 saturated heterocycles. The Hall–Kier alpha value is -1.11. The quantitative estimate of drug-likeness (QED) is 0.687. The molecule has 1 atom stereocenters. The molecule has 0 aromatic heterocycles. The molecule has 1 aromatic carbocycles. The van der Waals surface area contributed by atoms with Gasteiger partial charge >= 0.3 is 0 Å². The second-order valence-corrected chi connectivity index (χ2v) is 5.78. The van der Waals surface area contributed by atoms with Crippen LogP contribution in [0.25, 0.3) is 0 Å². The second-order valence-electron chi connectivity index (χ2n) is 4.13. The lowest BCUT2D eigenvalue weighted by atomic mass is 10.1. The highest BCUT2D eigenvalue weighted by Crippen LogP contribution is 2.25. The molecule has 4 N–H and O–H groups in total. The molecule has 0 aliphatic rings. The van der Waals surface area contributed by atoms with Gasteiger partial charge in [0.15, 0.2) is 0 Å². The monoisotopic (exact) mass is 258 g/mol. The molecule has 0 amide bonds. The Morgan fingerprint density at radius 2 is 2.00 bits per heavy atom. The third-order valence-corrected chi connectivity index (χ3v) is 4.40. The van der Waals surface area contributed by atoms with Crippen LogP contribution in [0.5, 0.6) is 0 Å². The smallest absolute Gasteiger partial charge is 0.243 e. The fourth-order valence-electron chi connectivity index (χ4n) is 1.53. The van der Waals surface area contributed by atoms with Crippen molar-refractivity contribution in [3.63, 3.8) is 0 Å². The molecule has 0 radical (unpaired) electrons. The Labute approximate surface area is 102 Å². The Bertz CT molecular complexity index is 512. The summed E-state index contributed by atoms with van der Waals surface area (Å²) in [6.45, 7) is 4.86. The Morgan fingerprint density at radius 3 is 2.53 bits per heavy atom. The van der Waals surface area contributed by atoms with Crippen molar-refractivity contribution in [3.05, 3.63) is 23.3 Å². The van der Waals surface area contributed by atoms with Crippen molar-refractivity contribution in [2.75, 3.05) is 12.3 Å². The van der Waals surface area contributed by atoms with Gasteiger partial charge < -0.3 is 10.8 Å². The van der Waals surface area contributed by atoms with E-state index in [-0.39, 0.29) is 17.2 Å². The van der Waals surface area contributed by atoms with E-state index in [1.54, 1.807) is 26.0 Å². The van der Waals surface area contributed by atoms with Crippen molar-refractivity contribution in [1.82, 2.24) is 4.72 Å². The van der Waals surface area contributed by atoms with E-state index in [2.05, 4.69) is 4.72 Å². The van der Waals surface area contributed by atoms with Crippen molar-refractivity contribution in [3.8, 4) is 0 Å². The van der Waals surface area contributed by atoms with Crippen LogP contribution < -0.4 is 10.5 Å². The van der Waals surface area contributed by atoms with Gasteiger partial charge in [-0.05, 0) is 38.0 Å². The van der Waals surface area contributed by atoms with Gasteiger partial charge in [-0.15, -0.1) is 0 Å². The fraction of sp³-hybridized carbons (Fsp3) is 0.455. The van der Waals surface area contributed by atoms with Crippen LogP contribution in [0.3, 0.4) is 0 Å².